The second-order valence-electron chi connectivity index (χ2n) is 5.24. The Kier molecular flexibility index (Phi) is 12.8. The lowest BCUT2D eigenvalue weighted by Crippen LogP contribution is -2.40. The summed E-state index contributed by atoms with van der Waals surface area (Å²) in [6.45, 7) is 3.43. The van der Waals surface area contributed by atoms with Gasteiger partial charge in [0.1, 0.15) is 11.6 Å². The van der Waals surface area contributed by atoms with Gasteiger partial charge in [-0.1, -0.05) is 0 Å². The van der Waals surface area contributed by atoms with Crippen LogP contribution in [0.25, 0.3) is 0 Å². The molecule has 5 nitrogen and oxygen atoms in total. The predicted octanol–water partition coefficient (Wildman–Crippen LogP) is 2.22. The smallest absolute Gasteiger partial charge is 0.191 e. The zero-order chi connectivity index (χ0) is 17.1. The minimum Gasteiger partial charge on any atom is -0.385 e. The summed E-state index contributed by atoms with van der Waals surface area (Å²) >= 11 is 0. The predicted molar refractivity (Wildman–Crippen MR) is 104 cm³/mol. The van der Waals surface area contributed by atoms with Gasteiger partial charge in [-0.25, -0.2) is 8.78 Å². The van der Waals surface area contributed by atoms with Crippen molar-refractivity contribution in [3.63, 3.8) is 0 Å². The Balaban J connectivity index is 0.00000529. The summed E-state index contributed by atoms with van der Waals surface area (Å²) < 4.78 is 31.7. The van der Waals surface area contributed by atoms with E-state index in [1.165, 1.54) is 6.07 Å². The highest BCUT2D eigenvalue weighted by Gasteiger charge is 2.05. The number of benzene rings is 1. The molecule has 0 heterocycles. The maximum absolute atomic E-state index is 13.5. The van der Waals surface area contributed by atoms with Crippen LogP contribution in [0.15, 0.2) is 23.2 Å². The molecular weight excluding hydrogens is 429 g/mol. The number of guanidine groups is 1. The number of nitrogens with zero attached hydrogens (tertiary/aromatic N) is 2. The van der Waals surface area contributed by atoms with E-state index in [-0.39, 0.29) is 36.1 Å². The number of likely N-dealkylation sites (N-methyl/N-ethyl adjacent to an activating group) is 1. The molecule has 0 aliphatic heterocycles. The van der Waals surface area contributed by atoms with E-state index in [4.69, 9.17) is 4.74 Å². The van der Waals surface area contributed by atoms with Gasteiger partial charge in [0, 0.05) is 52.5 Å². The highest BCUT2D eigenvalue weighted by molar-refractivity contribution is 14.0. The first-order chi connectivity index (χ1) is 11.1. The van der Waals surface area contributed by atoms with Gasteiger partial charge in [0.25, 0.3) is 0 Å². The molecule has 0 amide bonds. The van der Waals surface area contributed by atoms with Crippen LogP contribution in [0.5, 0.6) is 0 Å². The van der Waals surface area contributed by atoms with Crippen molar-refractivity contribution in [1.82, 2.24) is 15.5 Å². The van der Waals surface area contributed by atoms with Crippen LogP contribution in [0.1, 0.15) is 12.0 Å². The lowest BCUT2D eigenvalue weighted by molar-refractivity contribution is 0.180. The normalized spacial score (nSPS) is 11.3. The maximum atomic E-state index is 13.5. The molecule has 1 rings (SSSR count). The fourth-order valence-electron chi connectivity index (χ4n) is 2.03. The number of hydrogen-bond donors (Lipinski definition) is 2. The first kappa shape index (κ1) is 23.0. The van der Waals surface area contributed by atoms with Crippen LogP contribution in [0, 0.1) is 11.6 Å². The summed E-state index contributed by atoms with van der Waals surface area (Å²) in [4.78, 5) is 6.25. The Morgan fingerprint density at radius 2 is 2.00 bits per heavy atom. The molecule has 0 radical (unpaired) electrons. The number of ether oxygens (including phenoxy) is 1. The van der Waals surface area contributed by atoms with E-state index in [0.29, 0.717) is 12.5 Å². The van der Waals surface area contributed by atoms with Gasteiger partial charge in [0.15, 0.2) is 5.96 Å². The summed E-state index contributed by atoms with van der Waals surface area (Å²) in [6, 6.07) is 3.40. The summed E-state index contributed by atoms with van der Waals surface area (Å²) in [7, 11) is 5.37. The van der Waals surface area contributed by atoms with Crippen LogP contribution in [-0.4, -0.2) is 58.3 Å². The van der Waals surface area contributed by atoms with Gasteiger partial charge < -0.3 is 20.3 Å². The van der Waals surface area contributed by atoms with Gasteiger partial charge in [0.05, 0.1) is 0 Å². The van der Waals surface area contributed by atoms with Gasteiger partial charge in [-0.15, -0.1) is 24.0 Å². The molecule has 0 saturated carbocycles. The largest absolute Gasteiger partial charge is 0.385 e. The van der Waals surface area contributed by atoms with Gasteiger partial charge in [-0.3, -0.25) is 4.99 Å². The molecule has 0 fully saturated rings. The van der Waals surface area contributed by atoms with Crippen molar-refractivity contribution in [3.05, 3.63) is 35.4 Å². The Morgan fingerprint density at radius 1 is 1.25 bits per heavy atom. The highest BCUT2D eigenvalue weighted by atomic mass is 127. The molecule has 24 heavy (non-hydrogen) atoms. The van der Waals surface area contributed by atoms with Gasteiger partial charge in [-0.2, -0.15) is 0 Å². The molecule has 0 aliphatic rings. The third kappa shape index (κ3) is 9.33. The quantitative estimate of drug-likeness (QED) is 0.259. The van der Waals surface area contributed by atoms with Crippen molar-refractivity contribution < 1.29 is 13.5 Å². The molecule has 0 spiro atoms. The Morgan fingerprint density at radius 3 is 2.67 bits per heavy atom. The van der Waals surface area contributed by atoms with E-state index in [9.17, 15) is 8.78 Å². The molecule has 138 valence electrons. The van der Waals surface area contributed by atoms with Gasteiger partial charge in [0.2, 0.25) is 0 Å². The third-order valence-electron chi connectivity index (χ3n) is 3.35. The topological polar surface area (TPSA) is 48.9 Å². The molecular formula is C16H27F2IN4O. The zero-order valence-electron chi connectivity index (χ0n) is 14.4. The average Bonchev–Trinajstić information content (AvgIpc) is 2.54. The number of halogens is 3. The number of nitrogens with one attached hydrogen (secondary N) is 2. The Bertz CT molecular complexity index is 503. The molecule has 1 aromatic rings. The van der Waals surface area contributed by atoms with E-state index < -0.39 is 11.6 Å². The van der Waals surface area contributed by atoms with E-state index in [0.717, 1.165) is 38.2 Å². The molecule has 0 aliphatic carbocycles. The lowest BCUT2D eigenvalue weighted by atomic mass is 10.2. The SMILES string of the molecule is CN=C(NCCN(C)CCCOC)NCc1cc(F)ccc1F.I. The summed E-state index contributed by atoms with van der Waals surface area (Å²) in [5, 5.41) is 6.12. The molecule has 2 N–H and O–H groups in total. The van der Waals surface area contributed by atoms with Crippen LogP contribution in [0.2, 0.25) is 0 Å². The number of hydrogen-bond acceptors (Lipinski definition) is 3. The van der Waals surface area contributed by atoms with Crippen molar-refractivity contribution in [2.24, 2.45) is 4.99 Å². The van der Waals surface area contributed by atoms with Crippen molar-refractivity contribution in [2.45, 2.75) is 13.0 Å². The molecule has 1 aromatic carbocycles. The first-order valence-corrected chi connectivity index (χ1v) is 7.62. The summed E-state index contributed by atoms with van der Waals surface area (Å²) in [5.74, 6) is -0.338. The minimum atomic E-state index is -0.455. The monoisotopic (exact) mass is 456 g/mol. The number of methoxy groups -OCH3 is 1. The van der Waals surface area contributed by atoms with E-state index in [1.54, 1.807) is 14.2 Å². The second kappa shape index (κ2) is 13.3. The van der Waals surface area contributed by atoms with Crippen molar-refractivity contribution >= 4 is 29.9 Å². The van der Waals surface area contributed by atoms with E-state index in [1.807, 2.05) is 7.05 Å². The molecule has 0 unspecified atom stereocenters. The Hall–Kier alpha value is -1.00. The standard InChI is InChI=1S/C16H26F2N4O.HI/c1-19-16(20-7-9-22(2)8-4-10-23-3)21-12-13-11-14(17)5-6-15(13)18;/h5-6,11H,4,7-10,12H2,1-3H3,(H2,19,20,21);1H. The molecule has 0 bridgehead atoms. The lowest BCUT2D eigenvalue weighted by Gasteiger charge is -2.18. The van der Waals surface area contributed by atoms with Crippen molar-refractivity contribution in [2.75, 3.05) is 47.4 Å². The first-order valence-electron chi connectivity index (χ1n) is 7.62. The van der Waals surface area contributed by atoms with Crippen LogP contribution < -0.4 is 10.6 Å². The number of rotatable bonds is 9. The molecule has 8 heteroatoms. The van der Waals surface area contributed by atoms with Crippen molar-refractivity contribution in [1.29, 1.82) is 0 Å². The fourth-order valence-corrected chi connectivity index (χ4v) is 2.03. The van der Waals surface area contributed by atoms with Gasteiger partial charge in [-0.05, 0) is 31.7 Å². The zero-order valence-corrected chi connectivity index (χ0v) is 16.8. The van der Waals surface area contributed by atoms with Crippen LogP contribution in [0.3, 0.4) is 0 Å². The molecule has 0 aromatic heterocycles. The Labute approximate surface area is 159 Å². The van der Waals surface area contributed by atoms with Gasteiger partial charge >= 0.3 is 0 Å². The van der Waals surface area contributed by atoms with Crippen molar-refractivity contribution in [3.8, 4) is 0 Å². The third-order valence-corrected chi connectivity index (χ3v) is 3.35. The average molecular weight is 456 g/mol. The van der Waals surface area contributed by atoms with E-state index in [2.05, 4.69) is 20.5 Å². The molecule has 0 atom stereocenters. The summed E-state index contributed by atoms with van der Waals surface area (Å²) in [6.07, 6.45) is 0.985. The summed E-state index contributed by atoms with van der Waals surface area (Å²) in [5.41, 5.74) is 0.268. The highest BCUT2D eigenvalue weighted by Crippen LogP contribution is 2.08. The van der Waals surface area contributed by atoms with E-state index >= 15 is 0 Å². The second-order valence-corrected chi connectivity index (χ2v) is 5.24. The van der Waals surface area contributed by atoms with Crippen LogP contribution in [0.4, 0.5) is 8.78 Å². The van der Waals surface area contributed by atoms with Crippen LogP contribution >= 0.6 is 24.0 Å². The maximum Gasteiger partial charge on any atom is 0.191 e. The number of aliphatic imine (C=N–C) groups is 1. The molecule has 0 saturated heterocycles. The fraction of sp³-hybridized carbons (Fsp3) is 0.562. The van der Waals surface area contributed by atoms with Crippen LogP contribution in [-0.2, 0) is 11.3 Å². The minimum absolute atomic E-state index is 0.